The van der Waals surface area contributed by atoms with Gasteiger partial charge in [-0.05, 0) is 38.8 Å². The molecule has 0 unspecified atom stereocenters. The second-order valence-electron chi connectivity index (χ2n) is 4.78. The van der Waals surface area contributed by atoms with Crippen LogP contribution in [0.2, 0.25) is 0 Å². The zero-order valence-electron chi connectivity index (χ0n) is 8.76. The summed E-state index contributed by atoms with van der Waals surface area (Å²) in [6.45, 7) is 8.72. The smallest absolute Gasteiger partial charge is 0.0562 e. The summed E-state index contributed by atoms with van der Waals surface area (Å²) in [7, 11) is 0. The minimum atomic E-state index is -0.0138. The van der Waals surface area contributed by atoms with Crippen LogP contribution in [0.4, 0.5) is 0 Å². The molecule has 1 aliphatic heterocycles. The molecule has 0 aliphatic carbocycles. The molecule has 0 aromatic heterocycles. The van der Waals surface area contributed by atoms with Crippen molar-refractivity contribution in [3.8, 4) is 0 Å². The molecule has 13 heavy (non-hydrogen) atoms. The van der Waals surface area contributed by atoms with E-state index in [4.69, 9.17) is 5.32 Å². The van der Waals surface area contributed by atoms with Crippen LogP contribution in [0.5, 0.6) is 0 Å². The minimum absolute atomic E-state index is 0.0138. The van der Waals surface area contributed by atoms with Crippen molar-refractivity contribution in [1.29, 1.82) is 0 Å². The summed E-state index contributed by atoms with van der Waals surface area (Å²) < 4.78 is 0. The lowest BCUT2D eigenvalue weighted by Crippen LogP contribution is -2.32. The van der Waals surface area contributed by atoms with Crippen molar-refractivity contribution >= 4 is 0 Å². The molecule has 0 N–H and O–H groups in total. The van der Waals surface area contributed by atoms with Gasteiger partial charge in [0.05, 0.1) is 11.1 Å². The Bertz CT molecular complexity index is 304. The van der Waals surface area contributed by atoms with Gasteiger partial charge in [0, 0.05) is 0 Å². The van der Waals surface area contributed by atoms with Crippen LogP contribution in [0, 0.1) is 0 Å². The molecule has 0 saturated carbocycles. The fraction of sp³-hybridized carbons (Fsp3) is 0.500. The number of hydrogen-bond acceptors (Lipinski definition) is 0. The summed E-state index contributed by atoms with van der Waals surface area (Å²) >= 11 is 0. The largest absolute Gasteiger partial charge is 0.220 e. The monoisotopic (exact) mass is 174 g/mol. The van der Waals surface area contributed by atoms with Gasteiger partial charge in [-0.2, -0.15) is 0 Å². The molecule has 1 heterocycles. The predicted molar refractivity (Wildman–Crippen MR) is 54.6 cm³/mol. The zero-order valence-corrected chi connectivity index (χ0v) is 8.76. The lowest BCUT2D eigenvalue weighted by atomic mass is 9.91. The van der Waals surface area contributed by atoms with Gasteiger partial charge in [-0.3, -0.25) is 0 Å². The number of nitrogens with zero attached hydrogens (tertiary/aromatic N) is 1. The maximum atomic E-state index is 4.82. The molecule has 0 fully saturated rings. The molecule has 0 spiro atoms. The number of fused-ring (bicyclic) bond motifs is 1. The molecule has 69 valence electrons. The summed E-state index contributed by atoms with van der Waals surface area (Å²) in [6, 6.07) is 8.57. The van der Waals surface area contributed by atoms with Crippen LogP contribution in [-0.4, -0.2) is 0 Å². The lowest BCUT2D eigenvalue weighted by Gasteiger charge is -2.23. The van der Waals surface area contributed by atoms with Crippen molar-refractivity contribution < 1.29 is 0 Å². The average Bonchev–Trinajstić information content (AvgIpc) is 2.20. The molecule has 1 aromatic carbocycles. The van der Waals surface area contributed by atoms with Crippen molar-refractivity contribution in [3.05, 3.63) is 35.4 Å². The van der Waals surface area contributed by atoms with E-state index in [0.717, 1.165) is 0 Å². The van der Waals surface area contributed by atoms with E-state index in [0.29, 0.717) is 0 Å². The van der Waals surface area contributed by atoms with Crippen molar-refractivity contribution in [1.82, 2.24) is 5.32 Å². The number of rotatable bonds is 0. The van der Waals surface area contributed by atoms with E-state index in [2.05, 4.69) is 52.0 Å². The molecule has 1 nitrogen and oxygen atoms in total. The Morgan fingerprint density at radius 2 is 1.23 bits per heavy atom. The Balaban J connectivity index is 2.64. The van der Waals surface area contributed by atoms with E-state index in [1.54, 1.807) is 0 Å². The molecule has 0 bridgehead atoms. The first kappa shape index (κ1) is 8.76. The van der Waals surface area contributed by atoms with E-state index in [-0.39, 0.29) is 11.1 Å². The fourth-order valence-corrected chi connectivity index (χ4v) is 2.37. The summed E-state index contributed by atoms with van der Waals surface area (Å²) in [5.74, 6) is 0. The number of benzene rings is 1. The first-order valence-electron chi connectivity index (χ1n) is 4.77. The van der Waals surface area contributed by atoms with Gasteiger partial charge in [-0.25, -0.2) is 5.32 Å². The highest BCUT2D eigenvalue weighted by atomic mass is 15.1. The molecule has 1 heteroatoms. The van der Waals surface area contributed by atoms with Gasteiger partial charge in [0.15, 0.2) is 0 Å². The fourth-order valence-electron chi connectivity index (χ4n) is 2.37. The second-order valence-corrected chi connectivity index (χ2v) is 4.78. The van der Waals surface area contributed by atoms with E-state index in [9.17, 15) is 0 Å². The van der Waals surface area contributed by atoms with E-state index in [1.165, 1.54) is 11.1 Å². The molecule has 1 radical (unpaired) electrons. The Hall–Kier alpha value is -0.820. The van der Waals surface area contributed by atoms with Gasteiger partial charge in [-0.15, -0.1) is 0 Å². The van der Waals surface area contributed by atoms with Crippen LogP contribution in [-0.2, 0) is 11.1 Å². The quantitative estimate of drug-likeness (QED) is 0.574. The molecular weight excluding hydrogens is 158 g/mol. The van der Waals surface area contributed by atoms with Crippen LogP contribution in [0.15, 0.2) is 24.3 Å². The maximum absolute atomic E-state index is 4.82. The topological polar surface area (TPSA) is 14.1 Å². The Labute approximate surface area is 80.2 Å². The van der Waals surface area contributed by atoms with Crippen LogP contribution in [0.25, 0.3) is 0 Å². The first-order valence-corrected chi connectivity index (χ1v) is 4.77. The highest BCUT2D eigenvalue weighted by molar-refractivity contribution is 5.42. The normalized spacial score (nSPS) is 22.8. The molecule has 0 atom stereocenters. The predicted octanol–water partition coefficient (Wildman–Crippen LogP) is 2.77. The lowest BCUT2D eigenvalue weighted by molar-refractivity contribution is 0.308. The molecule has 1 aromatic rings. The molecule has 1 aliphatic rings. The third-order valence-electron chi connectivity index (χ3n) is 2.80. The van der Waals surface area contributed by atoms with Crippen molar-refractivity contribution in [3.63, 3.8) is 0 Å². The van der Waals surface area contributed by atoms with Gasteiger partial charge in [0.25, 0.3) is 0 Å². The van der Waals surface area contributed by atoms with E-state index in [1.807, 2.05) is 0 Å². The third-order valence-corrected chi connectivity index (χ3v) is 2.80. The highest BCUT2D eigenvalue weighted by Crippen LogP contribution is 2.41. The summed E-state index contributed by atoms with van der Waals surface area (Å²) in [6.07, 6.45) is 0. The summed E-state index contributed by atoms with van der Waals surface area (Å²) in [5.41, 5.74) is 2.72. The van der Waals surface area contributed by atoms with Gasteiger partial charge < -0.3 is 0 Å². The van der Waals surface area contributed by atoms with Crippen molar-refractivity contribution in [2.75, 3.05) is 0 Å². The van der Waals surface area contributed by atoms with E-state index < -0.39 is 0 Å². The molecule has 2 rings (SSSR count). The Kier molecular flexibility index (Phi) is 1.59. The SMILES string of the molecule is CC1(C)[N]C(C)(C)c2ccccc21. The summed E-state index contributed by atoms with van der Waals surface area (Å²) in [5, 5.41) is 4.82. The van der Waals surface area contributed by atoms with Gasteiger partial charge >= 0.3 is 0 Å². The third kappa shape index (κ3) is 1.19. The van der Waals surface area contributed by atoms with Gasteiger partial charge in [-0.1, -0.05) is 24.3 Å². The standard InChI is InChI=1S/C12H16N/c1-11(2)9-7-5-6-8-10(9)12(3,4)13-11/h5-8H,1-4H3. The average molecular weight is 174 g/mol. The molecule has 0 amide bonds. The number of hydrogen-bond donors (Lipinski definition) is 0. The first-order chi connectivity index (χ1) is 5.93. The molecular formula is C12H16N. The summed E-state index contributed by atoms with van der Waals surface area (Å²) in [4.78, 5) is 0. The highest BCUT2D eigenvalue weighted by Gasteiger charge is 2.41. The minimum Gasteiger partial charge on any atom is -0.220 e. The Morgan fingerprint density at radius 3 is 1.62 bits per heavy atom. The van der Waals surface area contributed by atoms with Crippen molar-refractivity contribution in [2.45, 2.75) is 38.8 Å². The zero-order chi connectivity index (χ0) is 9.69. The van der Waals surface area contributed by atoms with Crippen LogP contribution >= 0.6 is 0 Å². The van der Waals surface area contributed by atoms with Crippen molar-refractivity contribution in [2.24, 2.45) is 0 Å². The van der Waals surface area contributed by atoms with Crippen LogP contribution < -0.4 is 5.32 Å². The molecule has 0 saturated heterocycles. The Morgan fingerprint density at radius 1 is 0.846 bits per heavy atom. The maximum Gasteiger partial charge on any atom is 0.0562 e. The van der Waals surface area contributed by atoms with Crippen LogP contribution in [0.1, 0.15) is 38.8 Å². The van der Waals surface area contributed by atoms with Gasteiger partial charge in [0.2, 0.25) is 0 Å². The van der Waals surface area contributed by atoms with E-state index >= 15 is 0 Å². The van der Waals surface area contributed by atoms with Crippen LogP contribution in [0.3, 0.4) is 0 Å². The van der Waals surface area contributed by atoms with Gasteiger partial charge in [0.1, 0.15) is 0 Å². The second kappa shape index (κ2) is 2.36.